The van der Waals surface area contributed by atoms with E-state index in [9.17, 15) is 4.79 Å². The van der Waals surface area contributed by atoms with Crippen molar-refractivity contribution in [3.8, 4) is 0 Å². The molecular weight excluding hydrogens is 228 g/mol. The Morgan fingerprint density at radius 1 is 1.33 bits per heavy atom. The number of hydrogen-bond donors (Lipinski definition) is 0. The minimum absolute atomic E-state index is 0.0416. The smallest absolute Gasteiger partial charge is 0.259 e. The van der Waals surface area contributed by atoms with E-state index in [0.29, 0.717) is 24.4 Å². The fraction of sp³-hybridized carbons (Fsp3) is 0.286. The molecule has 2 rings (SSSR count). The predicted octanol–water partition coefficient (Wildman–Crippen LogP) is 2.65. The van der Waals surface area contributed by atoms with Crippen LogP contribution in [0.3, 0.4) is 0 Å². The molecule has 0 aliphatic heterocycles. The number of rotatable bonds is 4. The maximum atomic E-state index is 12.3. The van der Waals surface area contributed by atoms with Crippen LogP contribution in [-0.4, -0.2) is 22.5 Å². The summed E-state index contributed by atoms with van der Waals surface area (Å²) in [6.07, 6.45) is 1.48. The average molecular weight is 244 g/mol. The van der Waals surface area contributed by atoms with Crippen LogP contribution in [0.25, 0.3) is 0 Å². The molecular formula is C14H16N2O2. The van der Waals surface area contributed by atoms with Crippen molar-refractivity contribution in [2.24, 2.45) is 0 Å². The predicted molar refractivity (Wildman–Crippen MR) is 68.1 cm³/mol. The summed E-state index contributed by atoms with van der Waals surface area (Å²) in [5.74, 6) is 0.520. The van der Waals surface area contributed by atoms with E-state index in [1.54, 1.807) is 11.8 Å². The van der Waals surface area contributed by atoms with Gasteiger partial charge in [0.25, 0.3) is 5.91 Å². The lowest BCUT2D eigenvalue weighted by Crippen LogP contribution is -2.30. The van der Waals surface area contributed by atoms with Gasteiger partial charge in [0.2, 0.25) is 0 Å². The second-order valence-electron chi connectivity index (χ2n) is 4.10. The van der Waals surface area contributed by atoms with Gasteiger partial charge in [0, 0.05) is 13.1 Å². The van der Waals surface area contributed by atoms with Crippen LogP contribution in [0, 0.1) is 6.92 Å². The number of benzene rings is 1. The van der Waals surface area contributed by atoms with Crippen molar-refractivity contribution in [1.29, 1.82) is 0 Å². The highest BCUT2D eigenvalue weighted by Gasteiger charge is 2.19. The standard InChI is InChI=1S/C14H16N2O2/c1-3-16(10-12-7-5-4-6-8-12)14(17)13-9-15-18-11(13)2/h4-9H,3,10H2,1-2H3. The lowest BCUT2D eigenvalue weighted by molar-refractivity contribution is 0.0751. The minimum Gasteiger partial charge on any atom is -0.361 e. The fourth-order valence-electron chi connectivity index (χ4n) is 1.81. The van der Waals surface area contributed by atoms with Gasteiger partial charge in [-0.1, -0.05) is 35.5 Å². The summed E-state index contributed by atoms with van der Waals surface area (Å²) in [7, 11) is 0. The maximum absolute atomic E-state index is 12.3. The third-order valence-corrected chi connectivity index (χ3v) is 2.87. The van der Waals surface area contributed by atoms with E-state index in [0.717, 1.165) is 5.56 Å². The normalized spacial score (nSPS) is 10.3. The van der Waals surface area contributed by atoms with E-state index in [4.69, 9.17) is 4.52 Å². The summed E-state index contributed by atoms with van der Waals surface area (Å²) >= 11 is 0. The highest BCUT2D eigenvalue weighted by molar-refractivity contribution is 5.94. The molecule has 0 radical (unpaired) electrons. The molecule has 1 aromatic carbocycles. The maximum Gasteiger partial charge on any atom is 0.259 e. The molecule has 1 amide bonds. The number of aryl methyl sites for hydroxylation is 1. The van der Waals surface area contributed by atoms with Crippen molar-refractivity contribution < 1.29 is 9.32 Å². The van der Waals surface area contributed by atoms with Crippen LogP contribution < -0.4 is 0 Å². The van der Waals surface area contributed by atoms with Crippen LogP contribution >= 0.6 is 0 Å². The zero-order valence-electron chi connectivity index (χ0n) is 10.6. The SMILES string of the molecule is CCN(Cc1ccccc1)C(=O)c1cnoc1C. The lowest BCUT2D eigenvalue weighted by Gasteiger charge is -2.20. The number of carbonyl (C=O) groups is 1. The molecule has 1 aromatic heterocycles. The second-order valence-corrected chi connectivity index (χ2v) is 4.10. The Labute approximate surface area is 106 Å². The zero-order chi connectivity index (χ0) is 13.0. The van der Waals surface area contributed by atoms with E-state index in [1.165, 1.54) is 6.20 Å². The third-order valence-electron chi connectivity index (χ3n) is 2.87. The van der Waals surface area contributed by atoms with Gasteiger partial charge in [0.15, 0.2) is 0 Å². The number of carbonyl (C=O) groups excluding carboxylic acids is 1. The summed E-state index contributed by atoms with van der Waals surface area (Å²) < 4.78 is 4.93. The molecule has 0 fully saturated rings. The summed E-state index contributed by atoms with van der Waals surface area (Å²) in [6.45, 7) is 4.96. The van der Waals surface area contributed by atoms with Gasteiger partial charge in [0.1, 0.15) is 11.3 Å². The molecule has 0 aliphatic carbocycles. The van der Waals surface area contributed by atoms with Crippen molar-refractivity contribution in [1.82, 2.24) is 10.1 Å². The number of hydrogen-bond acceptors (Lipinski definition) is 3. The van der Waals surface area contributed by atoms with Gasteiger partial charge < -0.3 is 9.42 Å². The number of aromatic nitrogens is 1. The van der Waals surface area contributed by atoms with E-state index in [-0.39, 0.29) is 5.91 Å². The van der Waals surface area contributed by atoms with Crippen LogP contribution in [0.1, 0.15) is 28.6 Å². The molecule has 18 heavy (non-hydrogen) atoms. The van der Waals surface area contributed by atoms with Gasteiger partial charge in [-0.3, -0.25) is 4.79 Å². The Morgan fingerprint density at radius 3 is 2.61 bits per heavy atom. The van der Waals surface area contributed by atoms with Crippen LogP contribution in [0.2, 0.25) is 0 Å². The first-order valence-corrected chi connectivity index (χ1v) is 5.97. The van der Waals surface area contributed by atoms with Crippen LogP contribution in [0.15, 0.2) is 41.1 Å². The molecule has 0 aliphatic rings. The van der Waals surface area contributed by atoms with Crippen molar-refractivity contribution in [2.75, 3.05) is 6.54 Å². The Bertz CT molecular complexity index is 520. The molecule has 0 N–H and O–H groups in total. The first kappa shape index (κ1) is 12.4. The first-order chi connectivity index (χ1) is 8.72. The van der Waals surface area contributed by atoms with Gasteiger partial charge in [-0.15, -0.1) is 0 Å². The van der Waals surface area contributed by atoms with Crippen molar-refractivity contribution in [3.63, 3.8) is 0 Å². The second kappa shape index (κ2) is 5.49. The molecule has 0 saturated heterocycles. The van der Waals surface area contributed by atoms with Gasteiger partial charge >= 0.3 is 0 Å². The molecule has 0 atom stereocenters. The summed E-state index contributed by atoms with van der Waals surface area (Å²) in [4.78, 5) is 14.1. The van der Waals surface area contributed by atoms with Crippen molar-refractivity contribution in [2.45, 2.75) is 20.4 Å². The molecule has 94 valence electrons. The monoisotopic (exact) mass is 244 g/mol. The minimum atomic E-state index is -0.0416. The van der Waals surface area contributed by atoms with Crippen LogP contribution in [0.5, 0.6) is 0 Å². The largest absolute Gasteiger partial charge is 0.361 e. The van der Waals surface area contributed by atoms with Gasteiger partial charge in [-0.05, 0) is 19.4 Å². The van der Waals surface area contributed by atoms with Crippen molar-refractivity contribution >= 4 is 5.91 Å². The molecule has 0 saturated carbocycles. The highest BCUT2D eigenvalue weighted by atomic mass is 16.5. The molecule has 4 heteroatoms. The van der Waals surface area contributed by atoms with Crippen molar-refractivity contribution in [3.05, 3.63) is 53.4 Å². The van der Waals surface area contributed by atoms with E-state index < -0.39 is 0 Å². The Kier molecular flexibility index (Phi) is 3.77. The van der Waals surface area contributed by atoms with E-state index in [2.05, 4.69) is 5.16 Å². The highest BCUT2D eigenvalue weighted by Crippen LogP contribution is 2.12. The molecule has 1 heterocycles. The number of amides is 1. The average Bonchev–Trinajstić information content (AvgIpc) is 2.82. The molecule has 0 spiro atoms. The summed E-state index contributed by atoms with van der Waals surface area (Å²) in [5.41, 5.74) is 1.65. The van der Waals surface area contributed by atoms with Gasteiger partial charge in [-0.25, -0.2) is 0 Å². The topological polar surface area (TPSA) is 46.3 Å². The molecule has 0 bridgehead atoms. The Balaban J connectivity index is 2.15. The summed E-state index contributed by atoms with van der Waals surface area (Å²) in [5, 5.41) is 3.64. The quantitative estimate of drug-likeness (QED) is 0.830. The first-order valence-electron chi connectivity index (χ1n) is 5.97. The van der Waals surface area contributed by atoms with Gasteiger partial charge in [-0.2, -0.15) is 0 Å². The zero-order valence-corrected chi connectivity index (χ0v) is 10.6. The number of nitrogens with zero attached hydrogens (tertiary/aromatic N) is 2. The molecule has 0 unspecified atom stereocenters. The Morgan fingerprint density at radius 2 is 2.06 bits per heavy atom. The van der Waals surface area contributed by atoms with E-state index in [1.807, 2.05) is 37.3 Å². The summed E-state index contributed by atoms with van der Waals surface area (Å²) in [6, 6.07) is 9.93. The van der Waals surface area contributed by atoms with Crippen LogP contribution in [-0.2, 0) is 6.54 Å². The molecule has 4 nitrogen and oxygen atoms in total. The van der Waals surface area contributed by atoms with Crippen LogP contribution in [0.4, 0.5) is 0 Å². The fourth-order valence-corrected chi connectivity index (χ4v) is 1.81. The van der Waals surface area contributed by atoms with E-state index >= 15 is 0 Å². The lowest BCUT2D eigenvalue weighted by atomic mass is 10.2. The van der Waals surface area contributed by atoms with Gasteiger partial charge in [0.05, 0.1) is 6.20 Å². The molecule has 2 aromatic rings. The third kappa shape index (κ3) is 2.59. The Hall–Kier alpha value is -2.10.